The van der Waals surface area contributed by atoms with E-state index in [1.54, 1.807) is 0 Å². The lowest BCUT2D eigenvalue weighted by Gasteiger charge is -2.38. The highest BCUT2D eigenvalue weighted by molar-refractivity contribution is 5.53. The van der Waals surface area contributed by atoms with Gasteiger partial charge in [0, 0.05) is 18.7 Å². The van der Waals surface area contributed by atoms with E-state index in [-0.39, 0.29) is 5.60 Å². The third-order valence-electron chi connectivity index (χ3n) is 3.04. The summed E-state index contributed by atoms with van der Waals surface area (Å²) in [6.07, 6.45) is 0. The molecule has 5 nitrogen and oxygen atoms in total. The van der Waals surface area contributed by atoms with Crippen molar-refractivity contribution in [3.8, 4) is 11.4 Å². The first-order valence-electron chi connectivity index (χ1n) is 5.98. The Bertz CT molecular complexity index is 520. The molecule has 0 amide bonds. The Morgan fingerprint density at radius 2 is 2.11 bits per heavy atom. The van der Waals surface area contributed by atoms with E-state index in [2.05, 4.69) is 22.4 Å². The van der Waals surface area contributed by atoms with Gasteiger partial charge in [0.05, 0.1) is 5.60 Å². The van der Waals surface area contributed by atoms with E-state index in [1.165, 1.54) is 0 Å². The fraction of sp³-hybridized carbons (Fsp3) is 0.385. The maximum absolute atomic E-state index is 5.74. The zero-order chi connectivity index (χ0) is 12.4. The van der Waals surface area contributed by atoms with Gasteiger partial charge in [0.2, 0.25) is 5.82 Å². The maximum Gasteiger partial charge on any atom is 0.252 e. The molecule has 5 heteroatoms. The Hall–Kier alpha value is -1.72. The molecule has 3 rings (SSSR count). The van der Waals surface area contributed by atoms with Crippen molar-refractivity contribution >= 4 is 0 Å². The molecule has 0 spiro atoms. The summed E-state index contributed by atoms with van der Waals surface area (Å²) in [4.78, 5) is 4.32. The average molecular weight is 245 g/mol. The summed E-state index contributed by atoms with van der Waals surface area (Å²) in [7, 11) is 0. The minimum Gasteiger partial charge on any atom is -0.363 e. The number of hydrogen-bond acceptors (Lipinski definition) is 5. The lowest BCUT2D eigenvalue weighted by Crippen LogP contribution is -2.58. The van der Waals surface area contributed by atoms with Crippen LogP contribution in [0.4, 0.5) is 0 Å². The zero-order valence-corrected chi connectivity index (χ0v) is 10.2. The van der Waals surface area contributed by atoms with Crippen LogP contribution in [-0.2, 0) is 11.3 Å². The molecule has 0 bridgehead atoms. The Kier molecular flexibility index (Phi) is 2.85. The molecular weight excluding hydrogens is 230 g/mol. The van der Waals surface area contributed by atoms with Crippen LogP contribution in [0.15, 0.2) is 34.9 Å². The van der Waals surface area contributed by atoms with Gasteiger partial charge in [-0.3, -0.25) is 0 Å². The molecule has 0 atom stereocenters. The number of nitrogens with one attached hydrogen (secondary N) is 1. The first kappa shape index (κ1) is 11.4. The molecule has 2 aromatic rings. The maximum atomic E-state index is 5.74. The highest BCUT2D eigenvalue weighted by Crippen LogP contribution is 2.19. The Balaban J connectivity index is 1.66. The largest absolute Gasteiger partial charge is 0.363 e. The van der Waals surface area contributed by atoms with Crippen molar-refractivity contribution in [1.29, 1.82) is 0 Å². The molecule has 2 heterocycles. The number of nitrogens with zero attached hydrogens (tertiary/aromatic N) is 2. The van der Waals surface area contributed by atoms with Crippen molar-refractivity contribution in [3.05, 3.63) is 36.2 Å². The van der Waals surface area contributed by atoms with E-state index < -0.39 is 0 Å². The summed E-state index contributed by atoms with van der Waals surface area (Å²) in [5.41, 5.74) is 0.852. The van der Waals surface area contributed by atoms with Gasteiger partial charge in [0.15, 0.2) is 0 Å². The molecule has 1 fully saturated rings. The van der Waals surface area contributed by atoms with E-state index in [4.69, 9.17) is 9.26 Å². The number of aromatic nitrogens is 2. The van der Waals surface area contributed by atoms with E-state index in [1.807, 2.05) is 30.3 Å². The third kappa shape index (κ3) is 2.27. The first-order valence-corrected chi connectivity index (χ1v) is 5.98. The summed E-state index contributed by atoms with van der Waals surface area (Å²) < 4.78 is 10.9. The van der Waals surface area contributed by atoms with E-state index in [0.717, 1.165) is 18.7 Å². The molecule has 0 unspecified atom stereocenters. The predicted octanol–water partition coefficient (Wildman–Crippen LogP) is 1.62. The monoisotopic (exact) mass is 245 g/mol. The molecule has 1 aromatic carbocycles. The summed E-state index contributed by atoms with van der Waals surface area (Å²) >= 11 is 0. The number of ether oxygens (including phenoxy) is 1. The average Bonchev–Trinajstić information content (AvgIpc) is 2.84. The molecule has 1 aromatic heterocycles. The normalized spacial score (nSPS) is 17.4. The molecule has 0 radical (unpaired) electrons. The van der Waals surface area contributed by atoms with Crippen molar-refractivity contribution < 1.29 is 9.26 Å². The van der Waals surface area contributed by atoms with Gasteiger partial charge >= 0.3 is 0 Å². The van der Waals surface area contributed by atoms with Gasteiger partial charge in [-0.25, -0.2) is 0 Å². The number of benzene rings is 1. The molecule has 0 aliphatic carbocycles. The molecule has 94 valence electrons. The molecule has 1 aliphatic heterocycles. The molecule has 18 heavy (non-hydrogen) atoms. The third-order valence-corrected chi connectivity index (χ3v) is 3.04. The van der Waals surface area contributed by atoms with Gasteiger partial charge in [-0.1, -0.05) is 35.5 Å². The summed E-state index contributed by atoms with van der Waals surface area (Å²) in [5, 5.41) is 7.13. The van der Waals surface area contributed by atoms with Gasteiger partial charge in [-0.05, 0) is 6.92 Å². The van der Waals surface area contributed by atoms with Crippen molar-refractivity contribution in [2.75, 3.05) is 13.1 Å². The van der Waals surface area contributed by atoms with E-state index >= 15 is 0 Å². The van der Waals surface area contributed by atoms with Gasteiger partial charge in [-0.2, -0.15) is 4.98 Å². The predicted molar refractivity (Wildman–Crippen MR) is 65.8 cm³/mol. The fourth-order valence-electron chi connectivity index (χ4n) is 1.83. The Morgan fingerprint density at radius 3 is 2.78 bits per heavy atom. The Labute approximate surface area is 105 Å². The molecule has 1 N–H and O–H groups in total. The van der Waals surface area contributed by atoms with Crippen LogP contribution in [0.5, 0.6) is 0 Å². The SMILES string of the molecule is CC1(OCc2nc(-c3ccccc3)no2)CNC1. The van der Waals surface area contributed by atoms with E-state index in [0.29, 0.717) is 18.3 Å². The minimum absolute atomic E-state index is 0.0959. The van der Waals surface area contributed by atoms with Gasteiger partial charge < -0.3 is 14.6 Å². The summed E-state index contributed by atoms with van der Waals surface area (Å²) in [5.74, 6) is 1.12. The highest BCUT2D eigenvalue weighted by Gasteiger charge is 2.32. The van der Waals surface area contributed by atoms with Crippen molar-refractivity contribution in [1.82, 2.24) is 15.5 Å². The standard InChI is InChI=1S/C13H15N3O2/c1-13(8-14-9-13)17-7-11-15-12(16-18-11)10-5-3-2-4-6-10/h2-6,14H,7-9H2,1H3. The van der Waals surface area contributed by atoms with Crippen LogP contribution in [0.25, 0.3) is 11.4 Å². The van der Waals surface area contributed by atoms with Crippen LogP contribution in [0.3, 0.4) is 0 Å². The molecule has 1 aliphatic rings. The van der Waals surface area contributed by atoms with Crippen LogP contribution in [0.2, 0.25) is 0 Å². The van der Waals surface area contributed by atoms with Crippen LogP contribution in [-0.4, -0.2) is 28.8 Å². The van der Waals surface area contributed by atoms with Gasteiger partial charge in [0.1, 0.15) is 6.61 Å². The van der Waals surface area contributed by atoms with Gasteiger partial charge in [-0.15, -0.1) is 0 Å². The lowest BCUT2D eigenvalue weighted by atomic mass is 10.0. The van der Waals surface area contributed by atoms with Crippen LogP contribution in [0, 0.1) is 0 Å². The number of hydrogen-bond donors (Lipinski definition) is 1. The lowest BCUT2D eigenvalue weighted by molar-refractivity contribution is -0.0841. The quantitative estimate of drug-likeness (QED) is 0.886. The van der Waals surface area contributed by atoms with E-state index in [9.17, 15) is 0 Å². The molecule has 0 saturated carbocycles. The topological polar surface area (TPSA) is 60.2 Å². The number of rotatable bonds is 4. The van der Waals surface area contributed by atoms with Crippen LogP contribution >= 0.6 is 0 Å². The fourth-order valence-corrected chi connectivity index (χ4v) is 1.83. The second-order valence-corrected chi connectivity index (χ2v) is 4.72. The molecule has 1 saturated heterocycles. The second kappa shape index (κ2) is 4.51. The first-order chi connectivity index (χ1) is 8.75. The smallest absolute Gasteiger partial charge is 0.252 e. The van der Waals surface area contributed by atoms with Crippen molar-refractivity contribution in [3.63, 3.8) is 0 Å². The van der Waals surface area contributed by atoms with Crippen molar-refractivity contribution in [2.45, 2.75) is 19.1 Å². The summed E-state index contributed by atoms with van der Waals surface area (Å²) in [6, 6.07) is 9.75. The van der Waals surface area contributed by atoms with Crippen LogP contribution < -0.4 is 5.32 Å². The molecular formula is C13H15N3O2. The second-order valence-electron chi connectivity index (χ2n) is 4.72. The van der Waals surface area contributed by atoms with Crippen LogP contribution in [0.1, 0.15) is 12.8 Å². The highest BCUT2D eigenvalue weighted by atomic mass is 16.5. The minimum atomic E-state index is -0.0959. The van der Waals surface area contributed by atoms with Crippen molar-refractivity contribution in [2.24, 2.45) is 0 Å². The Morgan fingerprint density at radius 1 is 1.33 bits per heavy atom. The zero-order valence-electron chi connectivity index (χ0n) is 10.2. The summed E-state index contributed by atoms with van der Waals surface area (Å²) in [6.45, 7) is 4.16. The van der Waals surface area contributed by atoms with Gasteiger partial charge in [0.25, 0.3) is 5.89 Å².